The van der Waals surface area contributed by atoms with Crippen LogP contribution in [0.25, 0.3) is 11.1 Å². The van der Waals surface area contributed by atoms with Gasteiger partial charge in [0.05, 0.1) is 0 Å². The zero-order chi connectivity index (χ0) is 17.1. The van der Waals surface area contributed by atoms with Gasteiger partial charge in [-0.15, -0.1) is 0 Å². The molecular weight excluding hydrogens is 323 g/mol. The molecule has 0 fully saturated rings. The van der Waals surface area contributed by atoms with E-state index in [4.69, 9.17) is 0 Å². The summed E-state index contributed by atoms with van der Waals surface area (Å²) in [5, 5.41) is 0. The second-order valence-corrected chi connectivity index (χ2v) is 5.58. The lowest BCUT2D eigenvalue weighted by atomic mass is 9.96. The van der Waals surface area contributed by atoms with Crippen LogP contribution in [0.2, 0.25) is 0 Å². The highest BCUT2D eigenvalue weighted by atomic mass is 32.1. The molecule has 0 aliphatic heterocycles. The van der Waals surface area contributed by atoms with Crippen LogP contribution < -0.4 is 0 Å². The highest BCUT2D eigenvalue weighted by molar-refractivity contribution is 7.58. The Morgan fingerprint density at radius 2 is 1.30 bits per heavy atom. The second-order valence-electron chi connectivity index (χ2n) is 5.08. The monoisotopic (exact) mass is 344 g/mol. The molecule has 0 aromatic heterocycles. The van der Waals surface area contributed by atoms with Crippen molar-refractivity contribution in [3.8, 4) is 11.1 Å². The van der Waals surface area contributed by atoms with Crippen LogP contribution in [0.5, 0.6) is 0 Å². The van der Waals surface area contributed by atoms with Crippen LogP contribution in [0, 0.1) is 0 Å². The molecule has 0 bridgehead atoms. The summed E-state index contributed by atoms with van der Waals surface area (Å²) in [6, 6.07) is 19.4. The lowest BCUT2D eigenvalue weighted by molar-refractivity contribution is 0.368. The molecule has 6 heteroatoms. The third-order valence-electron chi connectivity index (χ3n) is 3.23. The van der Waals surface area contributed by atoms with Crippen molar-refractivity contribution >= 4 is 19.9 Å². The molecule has 2 aromatic rings. The van der Waals surface area contributed by atoms with Crippen LogP contribution in [0.1, 0.15) is 24.8 Å². The largest absolute Gasteiger partial charge is 0.673 e. The molecule has 0 atom stereocenters. The van der Waals surface area contributed by atoms with Gasteiger partial charge in [0.1, 0.15) is 5.75 Å². The Morgan fingerprint density at radius 1 is 0.739 bits per heavy atom. The van der Waals surface area contributed by atoms with Crippen LogP contribution in [0.4, 0.5) is 17.3 Å². The van der Waals surface area contributed by atoms with Gasteiger partial charge in [0, 0.05) is 0 Å². The smallest absolute Gasteiger partial charge is 0.418 e. The SMILES string of the molecule is F[B-](F)(F)F.[SH2+]CCCCCc1ccccc1-c1ccccc1. The third-order valence-corrected chi connectivity index (χ3v) is 3.58. The van der Waals surface area contributed by atoms with Gasteiger partial charge in [-0.25, -0.2) is 0 Å². The highest BCUT2D eigenvalue weighted by Crippen LogP contribution is 2.24. The lowest BCUT2D eigenvalue weighted by Gasteiger charge is -2.09. The van der Waals surface area contributed by atoms with Crippen molar-refractivity contribution in [2.24, 2.45) is 0 Å². The minimum atomic E-state index is -6.00. The van der Waals surface area contributed by atoms with E-state index in [1.165, 1.54) is 42.4 Å². The summed E-state index contributed by atoms with van der Waals surface area (Å²) in [5.41, 5.74) is 4.18. The van der Waals surface area contributed by atoms with Crippen LogP contribution in [0.3, 0.4) is 0 Å². The van der Waals surface area contributed by atoms with Gasteiger partial charge in [-0.2, -0.15) is 0 Å². The first-order chi connectivity index (χ1) is 10.9. The molecule has 0 aliphatic carbocycles. The lowest BCUT2D eigenvalue weighted by Crippen LogP contribution is -2.02. The van der Waals surface area contributed by atoms with Crippen LogP contribution in [-0.4, -0.2) is 13.0 Å². The predicted molar refractivity (Wildman–Crippen MR) is 94.6 cm³/mol. The fourth-order valence-corrected chi connectivity index (χ4v) is 2.50. The predicted octanol–water partition coefficient (Wildman–Crippen LogP) is 5.38. The minimum Gasteiger partial charge on any atom is -0.418 e. The van der Waals surface area contributed by atoms with Crippen molar-refractivity contribution in [1.82, 2.24) is 0 Å². The average molecular weight is 344 g/mol. The van der Waals surface area contributed by atoms with Crippen molar-refractivity contribution in [2.45, 2.75) is 25.7 Å². The first-order valence-corrected chi connectivity index (χ1v) is 8.28. The van der Waals surface area contributed by atoms with Gasteiger partial charge in [0.2, 0.25) is 0 Å². The maximum absolute atomic E-state index is 9.75. The summed E-state index contributed by atoms with van der Waals surface area (Å²) < 4.78 is 39.0. The van der Waals surface area contributed by atoms with E-state index in [-0.39, 0.29) is 0 Å². The molecule has 0 unspecified atom stereocenters. The molecule has 0 spiro atoms. The Labute approximate surface area is 140 Å². The van der Waals surface area contributed by atoms with Crippen LogP contribution in [-0.2, 0) is 19.0 Å². The van der Waals surface area contributed by atoms with Crippen molar-refractivity contribution in [3.05, 3.63) is 60.2 Å². The molecule has 2 aromatic carbocycles. The van der Waals surface area contributed by atoms with E-state index >= 15 is 0 Å². The van der Waals surface area contributed by atoms with Gasteiger partial charge >= 0.3 is 7.25 Å². The van der Waals surface area contributed by atoms with Gasteiger partial charge in [-0.05, 0) is 55.0 Å². The quantitative estimate of drug-likeness (QED) is 0.286. The van der Waals surface area contributed by atoms with E-state index in [0.717, 1.165) is 5.75 Å². The first kappa shape index (κ1) is 19.6. The fourth-order valence-electron chi connectivity index (χ4n) is 2.25. The summed E-state index contributed by atoms with van der Waals surface area (Å²) in [4.78, 5) is 0. The number of hydrogen-bond donors (Lipinski definition) is 0. The summed E-state index contributed by atoms with van der Waals surface area (Å²) >= 11 is 3.53. The van der Waals surface area contributed by atoms with E-state index in [9.17, 15) is 17.3 Å². The minimum absolute atomic E-state index is 1.11. The second kappa shape index (κ2) is 10.4. The Bertz CT molecular complexity index is 552. The maximum atomic E-state index is 9.75. The van der Waals surface area contributed by atoms with E-state index in [0.29, 0.717) is 0 Å². The van der Waals surface area contributed by atoms with Gasteiger partial charge in [-0.3, -0.25) is 0 Å². The molecule has 0 saturated carbocycles. The number of benzene rings is 2. The molecule has 126 valence electrons. The topological polar surface area (TPSA) is 0 Å². The molecule has 0 radical (unpaired) electrons. The Hall–Kier alpha value is -1.43. The molecule has 23 heavy (non-hydrogen) atoms. The van der Waals surface area contributed by atoms with Gasteiger partial charge in [0.25, 0.3) is 0 Å². The van der Waals surface area contributed by atoms with Crippen LogP contribution in [0.15, 0.2) is 54.6 Å². The summed E-state index contributed by atoms with van der Waals surface area (Å²) in [5.74, 6) is 1.11. The molecule has 0 nitrogen and oxygen atoms in total. The number of unbranched alkanes of at least 4 members (excludes halogenated alkanes) is 2. The standard InChI is InChI=1S/C17H20S.BF4/c18-14-8-2-5-11-16-12-6-7-13-17(16)15-9-3-1-4-10-15;2-1(3,4)5/h1,3-4,6-7,9-10,12-13,18H,2,5,8,11,14H2;/q;-1/p+1. The zero-order valence-corrected chi connectivity index (χ0v) is 13.8. The maximum Gasteiger partial charge on any atom is 0.673 e. The molecule has 0 amide bonds. The van der Waals surface area contributed by atoms with E-state index in [1.54, 1.807) is 0 Å². The normalized spacial score (nSPS) is 10.8. The van der Waals surface area contributed by atoms with Gasteiger partial charge in [-0.1, -0.05) is 54.6 Å². The molecule has 0 heterocycles. The Balaban J connectivity index is 0.000000463. The number of aryl methyl sites for hydroxylation is 1. The van der Waals surface area contributed by atoms with Crippen molar-refractivity contribution in [1.29, 1.82) is 0 Å². The summed E-state index contributed by atoms with van der Waals surface area (Å²) in [7, 11) is -6.00. The van der Waals surface area contributed by atoms with E-state index in [2.05, 4.69) is 67.2 Å². The molecule has 2 rings (SSSR count). The summed E-state index contributed by atoms with van der Waals surface area (Å²) in [6.07, 6.45) is 5.02. The Kier molecular flexibility index (Phi) is 8.85. The third kappa shape index (κ3) is 9.34. The van der Waals surface area contributed by atoms with E-state index < -0.39 is 7.25 Å². The van der Waals surface area contributed by atoms with E-state index in [1.807, 2.05) is 0 Å². The van der Waals surface area contributed by atoms with Crippen molar-refractivity contribution in [3.63, 3.8) is 0 Å². The average Bonchev–Trinajstić information content (AvgIpc) is 2.51. The molecule has 0 aliphatic rings. The van der Waals surface area contributed by atoms with Crippen molar-refractivity contribution in [2.75, 3.05) is 5.75 Å². The molecular formula is C17H21BF4S. The van der Waals surface area contributed by atoms with Crippen LogP contribution >= 0.6 is 0 Å². The Morgan fingerprint density at radius 3 is 1.91 bits per heavy atom. The number of hydrogen-bond acceptors (Lipinski definition) is 0. The first-order valence-electron chi connectivity index (χ1n) is 7.57. The number of halogens is 4. The highest BCUT2D eigenvalue weighted by Gasteiger charge is 2.20. The fraction of sp³-hybridized carbons (Fsp3) is 0.294. The van der Waals surface area contributed by atoms with Gasteiger partial charge in [0.15, 0.2) is 0 Å². The van der Waals surface area contributed by atoms with Gasteiger partial charge < -0.3 is 17.3 Å². The van der Waals surface area contributed by atoms with Crippen molar-refractivity contribution < 1.29 is 17.3 Å². The zero-order valence-electron chi connectivity index (χ0n) is 12.8. The molecule has 0 saturated heterocycles. The number of rotatable bonds is 6. The molecule has 0 N–H and O–H groups in total. The summed E-state index contributed by atoms with van der Waals surface area (Å²) in [6.45, 7) is 0.